The van der Waals surface area contributed by atoms with Crippen LogP contribution in [0.1, 0.15) is 18.4 Å². The van der Waals surface area contributed by atoms with Gasteiger partial charge in [0.15, 0.2) is 5.65 Å². The third-order valence-corrected chi connectivity index (χ3v) is 6.91. The summed E-state index contributed by atoms with van der Waals surface area (Å²) in [5, 5.41) is 23.7. The molecule has 0 atom stereocenters. The van der Waals surface area contributed by atoms with Crippen LogP contribution in [0.5, 0.6) is 0 Å². The van der Waals surface area contributed by atoms with Crippen LogP contribution < -0.4 is 5.56 Å². The van der Waals surface area contributed by atoms with Gasteiger partial charge in [-0.1, -0.05) is 17.3 Å². The summed E-state index contributed by atoms with van der Waals surface area (Å²) in [7, 11) is 0. The Morgan fingerprint density at radius 3 is 2.43 bits per heavy atom. The average Bonchev–Trinajstić information content (AvgIpc) is 3.59. The number of halogens is 1. The van der Waals surface area contributed by atoms with E-state index in [-0.39, 0.29) is 17.9 Å². The second kappa shape index (κ2) is 9.34. The normalized spacial score (nSPS) is 15.8. The smallest absolute Gasteiger partial charge is 0.264 e. The molecule has 4 heterocycles. The summed E-state index contributed by atoms with van der Waals surface area (Å²) in [5.74, 6) is -0.351. The van der Waals surface area contributed by atoms with E-state index in [1.165, 1.54) is 39.5 Å². The SMILES string of the molecule is O=c1c2cnn(-c3ccc(F)cc3)c2ncn1CC1(O)CCN(Cc2ccc(-n3ccnn3)cc2)CC1. The highest BCUT2D eigenvalue weighted by atomic mass is 19.1. The van der Waals surface area contributed by atoms with Gasteiger partial charge in [-0.25, -0.2) is 18.7 Å². The lowest BCUT2D eigenvalue weighted by Gasteiger charge is -2.38. The quantitative estimate of drug-likeness (QED) is 0.381. The van der Waals surface area contributed by atoms with Crippen LogP contribution in [0.2, 0.25) is 0 Å². The minimum absolute atomic E-state index is 0.164. The van der Waals surface area contributed by atoms with Gasteiger partial charge in [0.25, 0.3) is 5.56 Å². The highest BCUT2D eigenvalue weighted by Crippen LogP contribution is 2.25. The first kappa shape index (κ1) is 23.2. The molecule has 0 unspecified atom stereocenters. The molecule has 1 saturated heterocycles. The molecule has 0 saturated carbocycles. The van der Waals surface area contributed by atoms with E-state index < -0.39 is 5.60 Å². The van der Waals surface area contributed by atoms with Crippen molar-refractivity contribution in [2.75, 3.05) is 13.1 Å². The zero-order valence-corrected chi connectivity index (χ0v) is 20.0. The van der Waals surface area contributed by atoms with Crippen molar-refractivity contribution in [3.63, 3.8) is 0 Å². The second-order valence-electron chi connectivity index (χ2n) is 9.46. The summed E-state index contributed by atoms with van der Waals surface area (Å²) in [6.07, 6.45) is 7.45. The molecule has 1 N–H and O–H groups in total. The molecule has 2 aromatic carbocycles. The number of aromatic nitrogens is 7. The fourth-order valence-corrected chi connectivity index (χ4v) is 4.79. The van der Waals surface area contributed by atoms with Crippen LogP contribution in [0.4, 0.5) is 4.39 Å². The lowest BCUT2D eigenvalue weighted by atomic mass is 9.91. The molecular weight excluding hydrogens is 475 g/mol. The molecule has 0 radical (unpaired) electrons. The van der Waals surface area contributed by atoms with Crippen LogP contribution in [0.25, 0.3) is 22.4 Å². The molecule has 5 aromatic rings. The first-order valence-corrected chi connectivity index (χ1v) is 12.1. The largest absolute Gasteiger partial charge is 0.388 e. The maximum atomic E-state index is 13.3. The predicted octanol–water partition coefficient (Wildman–Crippen LogP) is 2.33. The molecule has 0 bridgehead atoms. The van der Waals surface area contributed by atoms with Gasteiger partial charge in [0.2, 0.25) is 0 Å². The number of benzene rings is 2. The van der Waals surface area contributed by atoms with Crippen molar-refractivity contribution in [1.29, 1.82) is 0 Å². The van der Waals surface area contributed by atoms with Gasteiger partial charge < -0.3 is 5.11 Å². The maximum Gasteiger partial charge on any atom is 0.264 e. The number of likely N-dealkylation sites (tertiary alicyclic amines) is 1. The molecule has 0 spiro atoms. The summed E-state index contributed by atoms with van der Waals surface area (Å²) >= 11 is 0. The van der Waals surface area contributed by atoms with Crippen molar-refractivity contribution in [2.45, 2.75) is 31.5 Å². The van der Waals surface area contributed by atoms with Crippen LogP contribution in [0.15, 0.2) is 78.2 Å². The number of nitrogens with zero attached hydrogens (tertiary/aromatic N) is 8. The Hall–Kier alpha value is -4.22. The van der Waals surface area contributed by atoms with Gasteiger partial charge in [-0.15, -0.1) is 5.10 Å². The van der Waals surface area contributed by atoms with Crippen molar-refractivity contribution in [1.82, 2.24) is 39.2 Å². The van der Waals surface area contributed by atoms with E-state index in [1.54, 1.807) is 29.2 Å². The van der Waals surface area contributed by atoms with Crippen LogP contribution in [-0.2, 0) is 13.1 Å². The molecule has 10 nitrogen and oxygen atoms in total. The zero-order valence-electron chi connectivity index (χ0n) is 20.0. The number of rotatable bonds is 6. The molecule has 1 aliphatic rings. The Bertz CT molecular complexity index is 1570. The Morgan fingerprint density at radius 2 is 1.73 bits per heavy atom. The van der Waals surface area contributed by atoms with Crippen molar-refractivity contribution >= 4 is 11.0 Å². The van der Waals surface area contributed by atoms with Gasteiger partial charge in [-0.05, 0) is 54.8 Å². The van der Waals surface area contributed by atoms with Gasteiger partial charge in [0.1, 0.15) is 17.5 Å². The van der Waals surface area contributed by atoms with Crippen LogP contribution in [-0.4, -0.2) is 63.0 Å². The molecule has 0 amide bonds. The monoisotopic (exact) mass is 500 g/mol. The number of hydrogen-bond acceptors (Lipinski definition) is 7. The summed E-state index contributed by atoms with van der Waals surface area (Å²) in [6, 6.07) is 14.0. The van der Waals surface area contributed by atoms with E-state index in [2.05, 4.69) is 37.4 Å². The fourth-order valence-electron chi connectivity index (χ4n) is 4.79. The van der Waals surface area contributed by atoms with Gasteiger partial charge in [-0.2, -0.15) is 5.10 Å². The van der Waals surface area contributed by atoms with Gasteiger partial charge in [-0.3, -0.25) is 14.3 Å². The number of fused-ring (bicyclic) bond motifs is 1. The Balaban J connectivity index is 1.11. The molecule has 11 heteroatoms. The van der Waals surface area contributed by atoms with Crippen LogP contribution in [0.3, 0.4) is 0 Å². The van der Waals surface area contributed by atoms with Crippen molar-refractivity contribution < 1.29 is 9.50 Å². The van der Waals surface area contributed by atoms with Gasteiger partial charge in [0.05, 0.1) is 42.1 Å². The Morgan fingerprint density at radius 1 is 1.00 bits per heavy atom. The van der Waals surface area contributed by atoms with E-state index in [9.17, 15) is 14.3 Å². The highest BCUT2D eigenvalue weighted by Gasteiger charge is 2.33. The Labute approximate surface area is 211 Å². The minimum Gasteiger partial charge on any atom is -0.388 e. The molecule has 3 aromatic heterocycles. The summed E-state index contributed by atoms with van der Waals surface area (Å²) in [5.41, 5.74) is 1.87. The lowest BCUT2D eigenvalue weighted by Crippen LogP contribution is -2.47. The van der Waals surface area contributed by atoms with Crippen molar-refractivity contribution in [3.05, 3.63) is 95.2 Å². The predicted molar refractivity (Wildman–Crippen MR) is 134 cm³/mol. The second-order valence-corrected chi connectivity index (χ2v) is 9.46. The van der Waals surface area contributed by atoms with Gasteiger partial charge in [0, 0.05) is 19.6 Å². The summed E-state index contributed by atoms with van der Waals surface area (Å²) in [4.78, 5) is 19.9. The number of aliphatic hydroxyl groups is 1. The van der Waals surface area contributed by atoms with Crippen molar-refractivity contribution in [2.24, 2.45) is 0 Å². The van der Waals surface area contributed by atoms with Crippen LogP contribution >= 0.6 is 0 Å². The summed E-state index contributed by atoms with van der Waals surface area (Å²) in [6.45, 7) is 2.38. The first-order chi connectivity index (χ1) is 18.0. The van der Waals surface area contributed by atoms with E-state index in [0.717, 1.165) is 12.2 Å². The van der Waals surface area contributed by atoms with E-state index in [0.29, 0.717) is 42.7 Å². The van der Waals surface area contributed by atoms with E-state index in [4.69, 9.17) is 0 Å². The maximum absolute atomic E-state index is 13.3. The zero-order chi connectivity index (χ0) is 25.4. The first-order valence-electron chi connectivity index (χ1n) is 12.1. The molecule has 37 heavy (non-hydrogen) atoms. The average molecular weight is 501 g/mol. The standard InChI is InChI=1S/C26H25FN8O2/c27-20-3-7-22(8-4-20)35-24-23(15-30-35)25(36)33(18-28-24)17-26(37)9-12-32(13-10-26)16-19-1-5-21(6-2-19)34-14-11-29-31-34/h1-8,11,14-15,18,37H,9-10,12-13,16-17H2. The summed E-state index contributed by atoms with van der Waals surface area (Å²) < 4.78 is 18.0. The molecule has 188 valence electrons. The minimum atomic E-state index is -1.00. The third kappa shape index (κ3) is 4.66. The van der Waals surface area contributed by atoms with E-state index >= 15 is 0 Å². The molecule has 0 aliphatic carbocycles. The molecule has 1 fully saturated rings. The number of piperidine rings is 1. The topological polar surface area (TPSA) is 107 Å². The van der Waals surface area contributed by atoms with Crippen molar-refractivity contribution in [3.8, 4) is 11.4 Å². The molecule has 6 rings (SSSR count). The lowest BCUT2D eigenvalue weighted by molar-refractivity contribution is -0.0364. The van der Waals surface area contributed by atoms with Crippen LogP contribution in [0, 0.1) is 5.82 Å². The fraction of sp³-hybridized carbons (Fsp3) is 0.269. The van der Waals surface area contributed by atoms with Gasteiger partial charge >= 0.3 is 0 Å². The Kier molecular flexibility index (Phi) is 5.85. The molecular formula is C26H25FN8O2. The molecule has 1 aliphatic heterocycles. The van der Waals surface area contributed by atoms with E-state index in [1.807, 2.05) is 12.1 Å². The third-order valence-electron chi connectivity index (χ3n) is 6.91. The number of hydrogen-bond donors (Lipinski definition) is 1. The highest BCUT2D eigenvalue weighted by molar-refractivity contribution is 5.74.